The van der Waals surface area contributed by atoms with E-state index in [-0.39, 0.29) is 42.7 Å². The number of aliphatic hydroxyl groups is 1. The minimum atomic E-state index is -4.57. The molecule has 2 aliphatic rings. The van der Waals surface area contributed by atoms with Crippen LogP contribution in [0.4, 0.5) is 18.9 Å². The molecule has 5 nitrogen and oxygen atoms in total. The molecule has 0 aliphatic carbocycles. The minimum Gasteiger partial charge on any atom is -0.497 e. The Balaban J connectivity index is 0.00000306. The van der Waals surface area contributed by atoms with Crippen LogP contribution in [0, 0.1) is 0 Å². The van der Waals surface area contributed by atoms with Crippen molar-refractivity contribution in [2.45, 2.75) is 49.9 Å². The number of ether oxygens (including phenoxy) is 1. The molecule has 1 amide bonds. The Labute approximate surface area is 197 Å². The molecule has 1 unspecified atom stereocenters. The summed E-state index contributed by atoms with van der Waals surface area (Å²) in [5.74, 6) is -0.791. The SMILES string of the molecule is COc1ccc([C@@H]2Cc3c(cccc3C(F)(F)F)N(CC3CCCCN3)C(=O)[C@@H]2O)cc1.Cl. The zero-order chi connectivity index (χ0) is 22.9. The number of anilines is 1. The van der Waals surface area contributed by atoms with Crippen LogP contribution in [-0.4, -0.2) is 43.4 Å². The van der Waals surface area contributed by atoms with E-state index in [1.807, 2.05) is 0 Å². The van der Waals surface area contributed by atoms with Gasteiger partial charge in [0.1, 0.15) is 11.9 Å². The number of aliphatic hydroxyl groups excluding tert-OH is 1. The zero-order valence-corrected chi connectivity index (χ0v) is 19.1. The summed E-state index contributed by atoms with van der Waals surface area (Å²) in [4.78, 5) is 14.7. The number of carbonyl (C=O) groups is 1. The van der Waals surface area contributed by atoms with Gasteiger partial charge in [-0.15, -0.1) is 12.4 Å². The van der Waals surface area contributed by atoms with E-state index in [0.29, 0.717) is 11.3 Å². The average molecular weight is 485 g/mol. The largest absolute Gasteiger partial charge is 0.497 e. The lowest BCUT2D eigenvalue weighted by atomic mass is 9.86. The van der Waals surface area contributed by atoms with Crippen LogP contribution >= 0.6 is 12.4 Å². The summed E-state index contributed by atoms with van der Waals surface area (Å²) in [6, 6.07) is 10.6. The lowest BCUT2D eigenvalue weighted by Crippen LogP contribution is -2.49. The van der Waals surface area contributed by atoms with Crippen molar-refractivity contribution in [3.05, 3.63) is 59.2 Å². The van der Waals surface area contributed by atoms with Crippen LogP contribution in [0.5, 0.6) is 5.75 Å². The van der Waals surface area contributed by atoms with Crippen molar-refractivity contribution in [1.82, 2.24) is 5.32 Å². The number of fused-ring (bicyclic) bond motifs is 1. The molecular weight excluding hydrogens is 457 g/mol. The minimum absolute atomic E-state index is 0. The van der Waals surface area contributed by atoms with Gasteiger partial charge in [0.2, 0.25) is 0 Å². The topological polar surface area (TPSA) is 61.8 Å². The van der Waals surface area contributed by atoms with E-state index in [9.17, 15) is 23.1 Å². The lowest BCUT2D eigenvalue weighted by Gasteiger charge is -2.32. The van der Waals surface area contributed by atoms with Crippen LogP contribution < -0.4 is 15.0 Å². The number of hydrogen-bond donors (Lipinski definition) is 2. The highest BCUT2D eigenvalue weighted by Crippen LogP contribution is 2.42. The van der Waals surface area contributed by atoms with Crippen molar-refractivity contribution in [1.29, 1.82) is 0 Å². The number of amides is 1. The lowest BCUT2D eigenvalue weighted by molar-refractivity contribution is -0.138. The summed E-state index contributed by atoms with van der Waals surface area (Å²) < 4.78 is 46.9. The third kappa shape index (κ3) is 5.28. The molecule has 4 rings (SSSR count). The second-order valence-corrected chi connectivity index (χ2v) is 8.43. The first-order valence-corrected chi connectivity index (χ1v) is 10.9. The first-order chi connectivity index (χ1) is 15.3. The molecule has 2 aromatic carbocycles. The molecule has 2 aromatic rings. The van der Waals surface area contributed by atoms with Crippen molar-refractivity contribution in [2.75, 3.05) is 25.1 Å². The number of methoxy groups -OCH3 is 1. The number of benzene rings is 2. The highest BCUT2D eigenvalue weighted by molar-refractivity contribution is 5.99. The van der Waals surface area contributed by atoms with E-state index in [2.05, 4.69) is 5.32 Å². The second-order valence-electron chi connectivity index (χ2n) is 8.43. The Morgan fingerprint density at radius 2 is 1.88 bits per heavy atom. The smallest absolute Gasteiger partial charge is 0.416 e. The van der Waals surface area contributed by atoms with Crippen molar-refractivity contribution in [3.8, 4) is 5.75 Å². The molecular formula is C24H28ClF3N2O3. The predicted octanol–water partition coefficient (Wildman–Crippen LogP) is 4.31. The van der Waals surface area contributed by atoms with Gasteiger partial charge in [0.05, 0.1) is 12.7 Å². The molecule has 1 fully saturated rings. The van der Waals surface area contributed by atoms with Crippen LogP contribution in [0.25, 0.3) is 0 Å². The van der Waals surface area contributed by atoms with Crippen molar-refractivity contribution in [2.24, 2.45) is 0 Å². The first-order valence-electron chi connectivity index (χ1n) is 10.9. The number of nitrogens with zero attached hydrogens (tertiary/aromatic N) is 1. The van der Waals surface area contributed by atoms with E-state index < -0.39 is 29.7 Å². The molecule has 2 aliphatic heterocycles. The highest BCUT2D eigenvalue weighted by Gasteiger charge is 2.42. The van der Waals surface area contributed by atoms with E-state index in [0.717, 1.165) is 31.9 Å². The number of piperidine rings is 1. The molecule has 9 heteroatoms. The maximum atomic E-state index is 13.9. The highest BCUT2D eigenvalue weighted by atomic mass is 35.5. The monoisotopic (exact) mass is 484 g/mol. The standard InChI is InChI=1S/C24H27F3N2O3.ClH/c1-32-17-10-8-15(9-11-17)18-13-19-20(24(25,26)27)6-4-7-21(19)29(23(31)22(18)30)14-16-5-2-3-12-28-16;/h4,6-11,16,18,22,28,30H,2-3,5,12-14H2,1H3;1H/t16?,18-,22+;/m0./s1. The van der Waals surface area contributed by atoms with E-state index in [1.54, 1.807) is 30.3 Å². The van der Waals surface area contributed by atoms with Crippen LogP contribution in [0.15, 0.2) is 42.5 Å². The molecule has 180 valence electrons. The van der Waals surface area contributed by atoms with Gasteiger partial charge in [-0.05, 0) is 61.2 Å². The molecule has 0 spiro atoms. The Morgan fingerprint density at radius 3 is 2.48 bits per heavy atom. The summed E-state index contributed by atoms with van der Waals surface area (Å²) in [6.07, 6.45) is -3.27. The van der Waals surface area contributed by atoms with Gasteiger partial charge < -0.3 is 20.1 Å². The van der Waals surface area contributed by atoms with Crippen molar-refractivity contribution in [3.63, 3.8) is 0 Å². The summed E-state index contributed by atoms with van der Waals surface area (Å²) in [5.41, 5.74) is 0.0954. The Kier molecular flexibility index (Phi) is 7.92. The average Bonchev–Trinajstić information content (AvgIpc) is 2.89. The number of hydrogen-bond acceptors (Lipinski definition) is 4. The quantitative estimate of drug-likeness (QED) is 0.679. The van der Waals surface area contributed by atoms with Crippen LogP contribution in [0.3, 0.4) is 0 Å². The molecule has 0 radical (unpaired) electrons. The number of alkyl halides is 3. The summed E-state index contributed by atoms with van der Waals surface area (Å²) >= 11 is 0. The Morgan fingerprint density at radius 1 is 1.15 bits per heavy atom. The third-order valence-electron chi connectivity index (χ3n) is 6.43. The first kappa shape index (κ1) is 25.3. The number of carbonyl (C=O) groups excluding carboxylic acids is 1. The van der Waals surface area contributed by atoms with Gasteiger partial charge in [0, 0.05) is 24.2 Å². The predicted molar refractivity (Wildman–Crippen MR) is 122 cm³/mol. The fourth-order valence-corrected chi connectivity index (χ4v) is 4.73. The molecule has 1 saturated heterocycles. The van der Waals surface area contributed by atoms with Crippen LogP contribution in [0.2, 0.25) is 0 Å². The molecule has 2 heterocycles. The van der Waals surface area contributed by atoms with E-state index >= 15 is 0 Å². The fourth-order valence-electron chi connectivity index (χ4n) is 4.73. The van der Waals surface area contributed by atoms with Crippen molar-refractivity contribution < 1.29 is 27.8 Å². The Hall–Kier alpha value is -2.29. The molecule has 2 N–H and O–H groups in total. The summed E-state index contributed by atoms with van der Waals surface area (Å²) in [7, 11) is 1.52. The van der Waals surface area contributed by atoms with Gasteiger partial charge in [-0.3, -0.25) is 4.79 Å². The molecule has 0 saturated carbocycles. The normalized spacial score (nSPS) is 23.4. The summed E-state index contributed by atoms with van der Waals surface area (Å²) in [6.45, 7) is 1.03. The number of nitrogens with one attached hydrogen (secondary N) is 1. The van der Waals surface area contributed by atoms with Crippen LogP contribution in [0.1, 0.15) is 41.9 Å². The van der Waals surface area contributed by atoms with Gasteiger partial charge in [0.25, 0.3) is 5.91 Å². The zero-order valence-electron chi connectivity index (χ0n) is 18.3. The van der Waals surface area contributed by atoms with Crippen molar-refractivity contribution >= 4 is 24.0 Å². The number of rotatable bonds is 4. The number of halogens is 4. The van der Waals surface area contributed by atoms with Gasteiger partial charge in [-0.25, -0.2) is 0 Å². The van der Waals surface area contributed by atoms with Gasteiger partial charge in [-0.2, -0.15) is 13.2 Å². The molecule has 3 atom stereocenters. The molecule has 0 bridgehead atoms. The van der Waals surface area contributed by atoms with E-state index in [4.69, 9.17) is 4.74 Å². The third-order valence-corrected chi connectivity index (χ3v) is 6.43. The van der Waals surface area contributed by atoms with Gasteiger partial charge in [0.15, 0.2) is 0 Å². The fraction of sp³-hybridized carbons (Fsp3) is 0.458. The van der Waals surface area contributed by atoms with Gasteiger partial charge in [-0.1, -0.05) is 24.6 Å². The molecule has 33 heavy (non-hydrogen) atoms. The van der Waals surface area contributed by atoms with Gasteiger partial charge >= 0.3 is 6.18 Å². The maximum absolute atomic E-state index is 13.9. The second kappa shape index (κ2) is 10.3. The van der Waals surface area contributed by atoms with Crippen LogP contribution in [-0.2, 0) is 17.4 Å². The molecule has 0 aromatic heterocycles. The Bertz CT molecular complexity index is 962. The maximum Gasteiger partial charge on any atom is 0.416 e. The summed E-state index contributed by atoms with van der Waals surface area (Å²) in [5, 5.41) is 14.4. The van der Waals surface area contributed by atoms with E-state index in [1.165, 1.54) is 18.1 Å².